The van der Waals surface area contributed by atoms with Crippen LogP contribution in [0.4, 0.5) is 0 Å². The van der Waals surface area contributed by atoms with Crippen molar-refractivity contribution >= 4 is 18.3 Å². The zero-order valence-corrected chi connectivity index (χ0v) is 11.7. The predicted molar refractivity (Wildman–Crippen MR) is 72.4 cm³/mol. The summed E-state index contributed by atoms with van der Waals surface area (Å²) in [7, 11) is 0. The van der Waals surface area contributed by atoms with Crippen LogP contribution in [-0.2, 0) is 20.8 Å². The summed E-state index contributed by atoms with van der Waals surface area (Å²) in [6.07, 6.45) is 4.77. The first kappa shape index (κ1) is 14.5. The van der Waals surface area contributed by atoms with E-state index in [-0.39, 0.29) is 6.10 Å². The second-order valence-electron chi connectivity index (χ2n) is 4.54. The molecule has 1 atom stereocenters. The van der Waals surface area contributed by atoms with Gasteiger partial charge in [-0.15, -0.1) is 0 Å². The quantitative estimate of drug-likeness (QED) is 0.446. The standard InChI is InChI=1S/C14H18N2O4/c1-3-19-14(18)5-4-12-10(2)15-13(9-17)16(12)8-11-6-7-20-11/h4-5,9,11H,3,6-8H2,1-2H3/b5-4+. The van der Waals surface area contributed by atoms with Gasteiger partial charge in [-0.2, -0.15) is 0 Å². The number of nitrogens with zero attached hydrogens (tertiary/aromatic N) is 2. The Bertz CT molecular complexity index is 530. The number of esters is 1. The van der Waals surface area contributed by atoms with Gasteiger partial charge in [-0.3, -0.25) is 4.79 Å². The number of aldehydes is 1. The minimum Gasteiger partial charge on any atom is -0.463 e. The van der Waals surface area contributed by atoms with Gasteiger partial charge >= 0.3 is 5.97 Å². The van der Waals surface area contributed by atoms with E-state index in [9.17, 15) is 9.59 Å². The zero-order chi connectivity index (χ0) is 14.5. The molecule has 0 aromatic carbocycles. The minimum atomic E-state index is -0.410. The van der Waals surface area contributed by atoms with Crippen molar-refractivity contribution in [1.82, 2.24) is 9.55 Å². The van der Waals surface area contributed by atoms with E-state index >= 15 is 0 Å². The van der Waals surface area contributed by atoms with Gasteiger partial charge in [0.1, 0.15) is 0 Å². The fraction of sp³-hybridized carbons (Fsp3) is 0.500. The van der Waals surface area contributed by atoms with Gasteiger partial charge in [0.05, 0.1) is 30.6 Å². The summed E-state index contributed by atoms with van der Waals surface area (Å²) in [5.74, 6) is -0.0614. The third kappa shape index (κ3) is 3.14. The van der Waals surface area contributed by atoms with Crippen molar-refractivity contribution in [2.24, 2.45) is 0 Å². The number of imidazole rings is 1. The number of hydrogen-bond donors (Lipinski definition) is 0. The molecular weight excluding hydrogens is 260 g/mol. The molecule has 0 amide bonds. The number of ether oxygens (including phenoxy) is 2. The Hall–Kier alpha value is -1.95. The van der Waals surface area contributed by atoms with E-state index < -0.39 is 5.97 Å². The number of aromatic nitrogens is 2. The van der Waals surface area contributed by atoms with Crippen molar-refractivity contribution in [2.45, 2.75) is 32.9 Å². The summed E-state index contributed by atoms with van der Waals surface area (Å²) in [6.45, 7) is 5.20. The molecule has 2 rings (SSSR count). The first-order chi connectivity index (χ1) is 9.65. The molecule has 20 heavy (non-hydrogen) atoms. The monoisotopic (exact) mass is 278 g/mol. The zero-order valence-electron chi connectivity index (χ0n) is 11.7. The van der Waals surface area contributed by atoms with Crippen LogP contribution in [-0.4, -0.2) is 41.1 Å². The van der Waals surface area contributed by atoms with E-state index in [1.165, 1.54) is 6.08 Å². The van der Waals surface area contributed by atoms with Gasteiger partial charge in [0.2, 0.25) is 0 Å². The Balaban J connectivity index is 2.23. The van der Waals surface area contributed by atoms with E-state index in [0.29, 0.717) is 31.0 Å². The maximum Gasteiger partial charge on any atom is 0.330 e. The van der Waals surface area contributed by atoms with Gasteiger partial charge in [-0.05, 0) is 26.3 Å². The van der Waals surface area contributed by atoms with E-state index in [0.717, 1.165) is 18.7 Å². The Morgan fingerprint density at radius 2 is 2.35 bits per heavy atom. The van der Waals surface area contributed by atoms with Gasteiger partial charge in [0.25, 0.3) is 0 Å². The summed E-state index contributed by atoms with van der Waals surface area (Å²) < 4.78 is 12.0. The highest BCUT2D eigenvalue weighted by Gasteiger charge is 2.22. The largest absolute Gasteiger partial charge is 0.463 e. The van der Waals surface area contributed by atoms with Crippen molar-refractivity contribution in [3.8, 4) is 0 Å². The van der Waals surface area contributed by atoms with Crippen LogP contribution in [0.2, 0.25) is 0 Å². The summed E-state index contributed by atoms with van der Waals surface area (Å²) >= 11 is 0. The van der Waals surface area contributed by atoms with Crippen LogP contribution in [0.5, 0.6) is 0 Å². The maximum absolute atomic E-state index is 11.4. The van der Waals surface area contributed by atoms with Gasteiger partial charge in [-0.1, -0.05) is 0 Å². The third-order valence-corrected chi connectivity index (χ3v) is 3.17. The van der Waals surface area contributed by atoms with Crippen LogP contribution in [0.1, 0.15) is 35.4 Å². The van der Waals surface area contributed by atoms with Crippen molar-refractivity contribution in [2.75, 3.05) is 13.2 Å². The second kappa shape index (κ2) is 6.47. The third-order valence-electron chi connectivity index (χ3n) is 3.17. The van der Waals surface area contributed by atoms with E-state index in [2.05, 4.69) is 4.98 Å². The fourth-order valence-electron chi connectivity index (χ4n) is 2.07. The second-order valence-corrected chi connectivity index (χ2v) is 4.54. The average molecular weight is 278 g/mol. The van der Waals surface area contributed by atoms with Crippen LogP contribution in [0.25, 0.3) is 6.08 Å². The van der Waals surface area contributed by atoms with Crippen LogP contribution in [0, 0.1) is 6.92 Å². The predicted octanol–water partition coefficient (Wildman–Crippen LogP) is 1.37. The van der Waals surface area contributed by atoms with Gasteiger partial charge < -0.3 is 14.0 Å². The highest BCUT2D eigenvalue weighted by Crippen LogP contribution is 2.19. The highest BCUT2D eigenvalue weighted by molar-refractivity contribution is 5.87. The normalized spacial score (nSPS) is 18.0. The highest BCUT2D eigenvalue weighted by atomic mass is 16.5. The van der Waals surface area contributed by atoms with E-state index in [4.69, 9.17) is 9.47 Å². The van der Waals surface area contributed by atoms with E-state index in [1.807, 2.05) is 0 Å². The molecule has 6 heteroatoms. The number of carbonyl (C=O) groups excluding carboxylic acids is 2. The minimum absolute atomic E-state index is 0.108. The molecule has 6 nitrogen and oxygen atoms in total. The molecule has 0 saturated carbocycles. The summed E-state index contributed by atoms with van der Waals surface area (Å²) in [5, 5.41) is 0. The van der Waals surface area contributed by atoms with Crippen LogP contribution in [0.3, 0.4) is 0 Å². The summed E-state index contributed by atoms with van der Waals surface area (Å²) in [4.78, 5) is 26.7. The Labute approximate surface area is 117 Å². The van der Waals surface area contributed by atoms with Gasteiger partial charge in [-0.25, -0.2) is 9.78 Å². The van der Waals surface area contributed by atoms with Crippen LogP contribution in [0.15, 0.2) is 6.08 Å². The molecule has 1 aromatic heterocycles. The van der Waals surface area contributed by atoms with E-state index in [1.54, 1.807) is 24.5 Å². The molecule has 1 aliphatic rings. The first-order valence-electron chi connectivity index (χ1n) is 6.64. The molecular formula is C14H18N2O4. The molecule has 0 spiro atoms. The molecule has 0 aliphatic carbocycles. The number of hydrogen-bond acceptors (Lipinski definition) is 5. The lowest BCUT2D eigenvalue weighted by Gasteiger charge is -2.27. The molecule has 0 bridgehead atoms. The average Bonchev–Trinajstić information content (AvgIpc) is 2.67. The van der Waals surface area contributed by atoms with Crippen molar-refractivity contribution in [3.05, 3.63) is 23.3 Å². The lowest BCUT2D eigenvalue weighted by Crippen LogP contribution is -2.32. The number of aryl methyl sites for hydroxylation is 1. The molecule has 1 saturated heterocycles. The molecule has 1 aromatic rings. The number of carbonyl (C=O) groups is 2. The van der Waals surface area contributed by atoms with Crippen LogP contribution >= 0.6 is 0 Å². The van der Waals surface area contributed by atoms with Crippen molar-refractivity contribution < 1.29 is 19.1 Å². The molecule has 108 valence electrons. The molecule has 1 unspecified atom stereocenters. The van der Waals surface area contributed by atoms with Gasteiger partial charge in [0.15, 0.2) is 12.1 Å². The molecule has 1 aliphatic heterocycles. The Morgan fingerprint density at radius 3 is 2.90 bits per heavy atom. The smallest absolute Gasteiger partial charge is 0.330 e. The fourth-order valence-corrected chi connectivity index (χ4v) is 2.07. The van der Waals surface area contributed by atoms with Gasteiger partial charge in [0, 0.05) is 12.7 Å². The van der Waals surface area contributed by atoms with Crippen LogP contribution < -0.4 is 0 Å². The molecule has 1 fully saturated rings. The maximum atomic E-state index is 11.4. The lowest BCUT2D eigenvalue weighted by molar-refractivity contribution is -0.137. The topological polar surface area (TPSA) is 70.4 Å². The van der Waals surface area contributed by atoms with Crippen molar-refractivity contribution in [1.29, 1.82) is 0 Å². The Kier molecular flexibility index (Phi) is 4.68. The molecule has 0 N–H and O–H groups in total. The number of rotatable bonds is 6. The SMILES string of the molecule is CCOC(=O)/C=C/c1c(C)nc(C=O)n1CC1CCO1. The Morgan fingerprint density at radius 1 is 1.60 bits per heavy atom. The first-order valence-corrected chi connectivity index (χ1v) is 6.64. The molecule has 2 heterocycles. The summed E-state index contributed by atoms with van der Waals surface area (Å²) in [6, 6.07) is 0. The molecule has 0 radical (unpaired) electrons. The lowest BCUT2D eigenvalue weighted by atomic mass is 10.2. The van der Waals surface area contributed by atoms with Crippen molar-refractivity contribution in [3.63, 3.8) is 0 Å². The summed E-state index contributed by atoms with van der Waals surface area (Å²) in [5.41, 5.74) is 1.43.